The van der Waals surface area contributed by atoms with Gasteiger partial charge in [-0.2, -0.15) is 0 Å². The molecule has 0 atom stereocenters. The average Bonchev–Trinajstić information content (AvgIpc) is 3.02. The molecular weight excluding hydrogens is 324 g/mol. The molecular formula is C17H34N4O2S. The Labute approximate surface area is 147 Å². The van der Waals surface area contributed by atoms with Crippen LogP contribution < -0.4 is 5.32 Å². The third kappa shape index (κ3) is 5.09. The largest absolute Gasteiger partial charge is 0.357 e. The van der Waals surface area contributed by atoms with E-state index in [-0.39, 0.29) is 5.75 Å². The van der Waals surface area contributed by atoms with Gasteiger partial charge in [-0.25, -0.2) is 8.42 Å². The molecule has 7 heteroatoms. The van der Waals surface area contributed by atoms with Crippen LogP contribution in [0, 0.1) is 0 Å². The summed E-state index contributed by atoms with van der Waals surface area (Å²) < 4.78 is 23.6. The van der Waals surface area contributed by atoms with Crippen molar-refractivity contribution in [2.45, 2.75) is 51.2 Å². The lowest BCUT2D eigenvalue weighted by Crippen LogP contribution is -2.57. The molecule has 2 aliphatic rings. The summed E-state index contributed by atoms with van der Waals surface area (Å²) in [5.41, 5.74) is 0. The smallest absolute Gasteiger partial charge is 0.193 e. The molecule has 2 heterocycles. The zero-order chi connectivity index (χ0) is 17.6. The molecule has 140 valence electrons. The summed E-state index contributed by atoms with van der Waals surface area (Å²) in [5.74, 6) is 1.07. The third-order valence-electron chi connectivity index (χ3n) is 5.02. The average molecular weight is 359 g/mol. The highest BCUT2D eigenvalue weighted by Crippen LogP contribution is 2.23. The molecule has 0 amide bonds. The van der Waals surface area contributed by atoms with Crippen LogP contribution in [0.5, 0.6) is 0 Å². The second-order valence-corrected chi connectivity index (χ2v) is 10.2. The standard InChI is InChI=1S/C17H34N4O2S/c1-4-18-16(19-9-5-6-10-20-11-7-8-12-20)21-13-14-24(22,23)17(2,3)15-21/h4-15H2,1-3H3,(H,18,19). The highest BCUT2D eigenvalue weighted by Gasteiger charge is 2.40. The van der Waals surface area contributed by atoms with Crippen molar-refractivity contribution in [2.24, 2.45) is 4.99 Å². The number of unbranched alkanes of at least 4 members (excludes halogenated alkanes) is 1. The van der Waals surface area contributed by atoms with Gasteiger partial charge >= 0.3 is 0 Å². The number of guanidine groups is 1. The van der Waals surface area contributed by atoms with Gasteiger partial charge in [-0.15, -0.1) is 0 Å². The first-order valence-electron chi connectivity index (χ1n) is 9.33. The van der Waals surface area contributed by atoms with E-state index in [1.54, 1.807) is 0 Å². The SMILES string of the molecule is CCNC(=NCCCCN1CCCC1)N1CCS(=O)(=O)C(C)(C)C1. The molecule has 6 nitrogen and oxygen atoms in total. The van der Waals surface area contributed by atoms with Gasteiger partial charge in [-0.05, 0) is 66.1 Å². The topological polar surface area (TPSA) is 65.0 Å². The van der Waals surface area contributed by atoms with Crippen LogP contribution in [-0.4, -0.2) is 80.5 Å². The number of rotatable bonds is 6. The van der Waals surface area contributed by atoms with Gasteiger partial charge in [-0.3, -0.25) is 4.99 Å². The minimum atomic E-state index is -3.01. The van der Waals surface area contributed by atoms with Crippen molar-refractivity contribution < 1.29 is 8.42 Å². The summed E-state index contributed by atoms with van der Waals surface area (Å²) in [6, 6.07) is 0. The second-order valence-electron chi connectivity index (χ2n) is 7.49. The normalized spacial score (nSPS) is 24.3. The fraction of sp³-hybridized carbons (Fsp3) is 0.941. The summed E-state index contributed by atoms with van der Waals surface area (Å²) in [5, 5.41) is 3.32. The zero-order valence-electron chi connectivity index (χ0n) is 15.6. The lowest BCUT2D eigenvalue weighted by molar-refractivity contribution is 0.330. The van der Waals surface area contributed by atoms with Gasteiger partial charge in [0.25, 0.3) is 0 Å². The van der Waals surface area contributed by atoms with Gasteiger partial charge in [0.2, 0.25) is 0 Å². The summed E-state index contributed by atoms with van der Waals surface area (Å²) in [4.78, 5) is 9.37. The molecule has 1 N–H and O–H groups in total. The van der Waals surface area contributed by atoms with Crippen LogP contribution in [0.3, 0.4) is 0 Å². The fourth-order valence-electron chi connectivity index (χ4n) is 3.39. The first kappa shape index (κ1) is 19.5. The van der Waals surface area contributed by atoms with Crippen molar-refractivity contribution >= 4 is 15.8 Å². The van der Waals surface area contributed by atoms with Crippen LogP contribution in [0.15, 0.2) is 4.99 Å². The maximum absolute atomic E-state index is 12.2. The molecule has 2 aliphatic heterocycles. The minimum Gasteiger partial charge on any atom is -0.357 e. The molecule has 0 aromatic rings. The summed E-state index contributed by atoms with van der Waals surface area (Å²) in [7, 11) is -3.01. The first-order chi connectivity index (χ1) is 11.4. The van der Waals surface area contributed by atoms with Crippen LogP contribution in [0.1, 0.15) is 46.5 Å². The molecule has 2 rings (SSSR count). The Balaban J connectivity index is 1.84. The highest BCUT2D eigenvalue weighted by atomic mass is 32.2. The van der Waals surface area contributed by atoms with Crippen LogP contribution in [0.25, 0.3) is 0 Å². The first-order valence-corrected chi connectivity index (χ1v) is 11.0. The molecule has 2 fully saturated rings. The van der Waals surface area contributed by atoms with Crippen molar-refractivity contribution in [3.05, 3.63) is 0 Å². The Morgan fingerprint density at radius 3 is 2.50 bits per heavy atom. The van der Waals surface area contributed by atoms with Gasteiger partial charge in [0, 0.05) is 26.2 Å². The van der Waals surface area contributed by atoms with E-state index in [2.05, 4.69) is 22.0 Å². The van der Waals surface area contributed by atoms with Crippen LogP contribution in [-0.2, 0) is 9.84 Å². The molecule has 0 spiro atoms. The second kappa shape index (κ2) is 8.52. The number of nitrogens with one attached hydrogen (secondary N) is 1. The summed E-state index contributed by atoms with van der Waals surface area (Å²) >= 11 is 0. The van der Waals surface area contributed by atoms with Gasteiger partial charge in [0.15, 0.2) is 15.8 Å². The maximum Gasteiger partial charge on any atom is 0.193 e. The van der Waals surface area contributed by atoms with Crippen molar-refractivity contribution in [1.29, 1.82) is 0 Å². The zero-order valence-corrected chi connectivity index (χ0v) is 16.4. The van der Waals surface area contributed by atoms with Gasteiger partial charge in [0.1, 0.15) is 0 Å². The van der Waals surface area contributed by atoms with E-state index in [9.17, 15) is 8.42 Å². The van der Waals surface area contributed by atoms with Crippen LogP contribution in [0.4, 0.5) is 0 Å². The Kier molecular flexibility index (Phi) is 6.92. The lowest BCUT2D eigenvalue weighted by atomic mass is 10.2. The van der Waals surface area contributed by atoms with E-state index in [1.807, 2.05) is 13.8 Å². The number of aliphatic imine (C=N–C) groups is 1. The molecule has 0 bridgehead atoms. The monoisotopic (exact) mass is 358 g/mol. The van der Waals surface area contributed by atoms with Crippen molar-refractivity contribution in [3.63, 3.8) is 0 Å². The molecule has 0 aliphatic carbocycles. The van der Waals surface area contributed by atoms with Crippen molar-refractivity contribution in [2.75, 3.05) is 51.6 Å². The molecule has 0 saturated carbocycles. The molecule has 24 heavy (non-hydrogen) atoms. The molecule has 0 unspecified atom stereocenters. The van der Waals surface area contributed by atoms with Gasteiger partial charge in [0.05, 0.1) is 10.5 Å². The van der Waals surface area contributed by atoms with Gasteiger partial charge in [-0.1, -0.05) is 0 Å². The molecule has 0 aromatic heterocycles. The van der Waals surface area contributed by atoms with Crippen LogP contribution in [0.2, 0.25) is 0 Å². The Morgan fingerprint density at radius 1 is 1.17 bits per heavy atom. The van der Waals surface area contributed by atoms with E-state index in [4.69, 9.17) is 4.99 Å². The molecule has 2 saturated heterocycles. The number of sulfone groups is 1. The number of nitrogens with zero attached hydrogens (tertiary/aromatic N) is 3. The van der Waals surface area contributed by atoms with E-state index in [0.29, 0.717) is 13.1 Å². The quantitative estimate of drug-likeness (QED) is 0.441. The van der Waals surface area contributed by atoms with Crippen molar-refractivity contribution in [3.8, 4) is 0 Å². The van der Waals surface area contributed by atoms with Crippen molar-refractivity contribution in [1.82, 2.24) is 15.1 Å². The number of likely N-dealkylation sites (tertiary alicyclic amines) is 1. The van der Waals surface area contributed by atoms with Crippen LogP contribution >= 0.6 is 0 Å². The minimum absolute atomic E-state index is 0.208. The van der Waals surface area contributed by atoms with Gasteiger partial charge < -0.3 is 15.1 Å². The third-order valence-corrected chi connectivity index (χ3v) is 7.55. The van der Waals surface area contributed by atoms with E-state index in [1.165, 1.54) is 38.9 Å². The number of hydrogen-bond acceptors (Lipinski definition) is 4. The van der Waals surface area contributed by atoms with E-state index in [0.717, 1.165) is 25.5 Å². The fourth-order valence-corrected chi connectivity index (χ4v) is 4.75. The highest BCUT2D eigenvalue weighted by molar-refractivity contribution is 7.92. The Morgan fingerprint density at radius 2 is 1.88 bits per heavy atom. The summed E-state index contributed by atoms with van der Waals surface area (Å²) in [6.07, 6.45) is 4.95. The van der Waals surface area contributed by atoms with E-state index < -0.39 is 14.6 Å². The number of hydrogen-bond donors (Lipinski definition) is 1. The Bertz CT molecular complexity index is 525. The predicted molar refractivity (Wildman–Crippen MR) is 100 cm³/mol. The Hall–Kier alpha value is -0.820. The summed E-state index contributed by atoms with van der Waals surface area (Å²) in [6.45, 7) is 12.0. The molecule has 0 aromatic carbocycles. The molecule has 0 radical (unpaired) electrons. The van der Waals surface area contributed by atoms with E-state index >= 15 is 0 Å². The maximum atomic E-state index is 12.2. The lowest BCUT2D eigenvalue weighted by Gasteiger charge is -2.39. The predicted octanol–water partition coefficient (Wildman–Crippen LogP) is 1.34.